The Labute approximate surface area is 112 Å². The Hall–Kier alpha value is -1.36. The first kappa shape index (κ1) is 12.7. The van der Waals surface area contributed by atoms with Crippen molar-refractivity contribution in [3.05, 3.63) is 35.6 Å². The molecule has 2 aromatic rings. The van der Waals surface area contributed by atoms with Gasteiger partial charge in [-0.05, 0) is 6.07 Å². The Morgan fingerprint density at radius 2 is 2.16 bits per heavy atom. The highest BCUT2D eigenvalue weighted by Gasteiger charge is 2.29. The van der Waals surface area contributed by atoms with E-state index in [1.807, 2.05) is 18.2 Å². The lowest BCUT2D eigenvalue weighted by Crippen LogP contribution is -2.32. The molecule has 3 rings (SSSR count). The first-order valence-electron chi connectivity index (χ1n) is 6.84. The monoisotopic (exact) mass is 260 g/mol. The molecule has 3 N–H and O–H groups in total. The van der Waals surface area contributed by atoms with Crippen LogP contribution in [0.25, 0.3) is 11.0 Å². The number of nitrogens with two attached hydrogens (primary N) is 1. The maximum Gasteiger partial charge on any atom is 0.134 e. The van der Waals surface area contributed by atoms with Crippen LogP contribution < -0.4 is 5.73 Å². The average molecular weight is 260 g/mol. The summed E-state index contributed by atoms with van der Waals surface area (Å²) in [5.74, 6) is 1.04. The zero-order valence-corrected chi connectivity index (χ0v) is 11.2. The summed E-state index contributed by atoms with van der Waals surface area (Å²) in [5, 5.41) is 10.9. The largest absolute Gasteiger partial charge is 0.461 e. The van der Waals surface area contributed by atoms with Crippen LogP contribution in [0.15, 0.2) is 28.7 Å². The first-order valence-corrected chi connectivity index (χ1v) is 6.84. The van der Waals surface area contributed by atoms with Gasteiger partial charge in [0.2, 0.25) is 0 Å². The van der Waals surface area contributed by atoms with Crippen LogP contribution in [0.2, 0.25) is 0 Å². The highest BCUT2D eigenvalue weighted by atomic mass is 16.3. The number of fused-ring (bicyclic) bond motifs is 1. The summed E-state index contributed by atoms with van der Waals surface area (Å²) in [7, 11) is 0. The fourth-order valence-electron chi connectivity index (χ4n) is 2.86. The molecule has 1 aliphatic heterocycles. The van der Waals surface area contributed by atoms with Crippen molar-refractivity contribution in [3.63, 3.8) is 0 Å². The predicted molar refractivity (Wildman–Crippen MR) is 74.9 cm³/mol. The third kappa shape index (κ3) is 2.27. The van der Waals surface area contributed by atoms with Gasteiger partial charge in [0.25, 0.3) is 0 Å². The number of aliphatic hydroxyl groups excluding tert-OH is 1. The Bertz CT molecular complexity index is 569. The number of nitrogens with zero attached hydrogens (tertiary/aromatic N) is 1. The Kier molecular flexibility index (Phi) is 3.31. The van der Waals surface area contributed by atoms with Gasteiger partial charge < -0.3 is 15.3 Å². The maximum absolute atomic E-state index is 9.75. The van der Waals surface area contributed by atoms with E-state index in [2.05, 4.69) is 17.9 Å². The standard InChI is InChI=1S/C15H20N2O2/c1-2-14-11(7-17-8-12(16)13(18)9-17)10-5-3-4-6-15(10)19-14/h3-6,12-13,18H,2,7-9,16H2,1H3/t12-,13-/m1/s1. The summed E-state index contributed by atoms with van der Waals surface area (Å²) in [4.78, 5) is 2.20. The second kappa shape index (κ2) is 4.96. The van der Waals surface area contributed by atoms with Crippen molar-refractivity contribution in [2.24, 2.45) is 5.73 Å². The van der Waals surface area contributed by atoms with Crippen LogP contribution in [0.1, 0.15) is 18.2 Å². The number of aryl methyl sites for hydroxylation is 1. The number of rotatable bonds is 3. The van der Waals surface area contributed by atoms with E-state index < -0.39 is 6.10 Å². The van der Waals surface area contributed by atoms with E-state index >= 15 is 0 Å². The molecule has 102 valence electrons. The van der Waals surface area contributed by atoms with Gasteiger partial charge in [-0.15, -0.1) is 0 Å². The van der Waals surface area contributed by atoms with Crippen LogP contribution in [0, 0.1) is 0 Å². The molecule has 1 aromatic carbocycles. The van der Waals surface area contributed by atoms with Crippen LogP contribution in [0.4, 0.5) is 0 Å². The molecule has 1 aliphatic rings. The molecule has 1 saturated heterocycles. The lowest BCUT2D eigenvalue weighted by atomic mass is 10.1. The number of para-hydroxylation sites is 1. The van der Waals surface area contributed by atoms with Crippen LogP contribution in [0.3, 0.4) is 0 Å². The van der Waals surface area contributed by atoms with E-state index in [4.69, 9.17) is 10.2 Å². The van der Waals surface area contributed by atoms with E-state index in [9.17, 15) is 5.11 Å². The van der Waals surface area contributed by atoms with Crippen LogP contribution in [-0.2, 0) is 13.0 Å². The molecule has 0 bridgehead atoms. The lowest BCUT2D eigenvalue weighted by molar-refractivity contribution is 0.164. The highest BCUT2D eigenvalue weighted by molar-refractivity contribution is 5.82. The summed E-state index contributed by atoms with van der Waals surface area (Å²) in [6.45, 7) is 4.28. The number of aliphatic hydroxyl groups is 1. The SMILES string of the molecule is CCc1oc2ccccc2c1CN1C[C@@H](N)[C@H](O)C1. The molecule has 0 amide bonds. The van der Waals surface area contributed by atoms with Gasteiger partial charge in [0.15, 0.2) is 0 Å². The summed E-state index contributed by atoms with van der Waals surface area (Å²) in [6, 6.07) is 7.99. The van der Waals surface area contributed by atoms with Crippen molar-refractivity contribution < 1.29 is 9.52 Å². The summed E-state index contributed by atoms with van der Waals surface area (Å²) < 4.78 is 5.89. The molecule has 4 heteroatoms. The quantitative estimate of drug-likeness (QED) is 0.878. The average Bonchev–Trinajstić information content (AvgIpc) is 2.92. The molecule has 0 aliphatic carbocycles. The van der Waals surface area contributed by atoms with Crippen LogP contribution in [0.5, 0.6) is 0 Å². The third-order valence-electron chi connectivity index (χ3n) is 3.89. The van der Waals surface area contributed by atoms with E-state index in [0.29, 0.717) is 6.54 Å². The number of hydrogen-bond donors (Lipinski definition) is 2. The lowest BCUT2D eigenvalue weighted by Gasteiger charge is -2.14. The summed E-state index contributed by atoms with van der Waals surface area (Å²) in [6.07, 6.45) is 0.468. The van der Waals surface area contributed by atoms with Gasteiger partial charge in [-0.2, -0.15) is 0 Å². The van der Waals surface area contributed by atoms with E-state index in [1.165, 1.54) is 10.9 Å². The minimum atomic E-state index is -0.414. The Morgan fingerprint density at radius 1 is 1.37 bits per heavy atom. The van der Waals surface area contributed by atoms with Crippen LogP contribution >= 0.6 is 0 Å². The second-order valence-electron chi connectivity index (χ2n) is 5.28. The van der Waals surface area contributed by atoms with Gasteiger partial charge in [-0.25, -0.2) is 0 Å². The van der Waals surface area contributed by atoms with Gasteiger partial charge in [-0.1, -0.05) is 25.1 Å². The number of likely N-dealkylation sites (tertiary alicyclic amines) is 1. The highest BCUT2D eigenvalue weighted by Crippen LogP contribution is 2.28. The van der Waals surface area contributed by atoms with Crippen molar-refractivity contribution in [1.29, 1.82) is 0 Å². The fourth-order valence-corrected chi connectivity index (χ4v) is 2.86. The maximum atomic E-state index is 9.75. The molecule has 2 atom stereocenters. The van der Waals surface area contributed by atoms with Gasteiger partial charge in [0.05, 0.1) is 6.10 Å². The van der Waals surface area contributed by atoms with Crippen molar-refractivity contribution in [1.82, 2.24) is 4.90 Å². The number of benzene rings is 1. The minimum Gasteiger partial charge on any atom is -0.461 e. The normalized spacial score (nSPS) is 24.4. The molecule has 2 heterocycles. The zero-order valence-electron chi connectivity index (χ0n) is 11.2. The van der Waals surface area contributed by atoms with Gasteiger partial charge in [0.1, 0.15) is 11.3 Å². The smallest absolute Gasteiger partial charge is 0.134 e. The molecule has 1 aromatic heterocycles. The Morgan fingerprint density at radius 3 is 2.84 bits per heavy atom. The molecule has 0 unspecified atom stereocenters. The first-order chi connectivity index (χ1) is 9.19. The molecular weight excluding hydrogens is 240 g/mol. The minimum absolute atomic E-state index is 0.136. The third-order valence-corrected chi connectivity index (χ3v) is 3.89. The fraction of sp³-hybridized carbons (Fsp3) is 0.467. The summed E-state index contributed by atoms with van der Waals surface area (Å²) in [5.41, 5.74) is 8.04. The molecule has 0 radical (unpaired) electrons. The van der Waals surface area contributed by atoms with Gasteiger partial charge in [-0.3, -0.25) is 4.90 Å². The predicted octanol–water partition coefficient (Wildman–Crippen LogP) is 1.50. The second-order valence-corrected chi connectivity index (χ2v) is 5.28. The van der Waals surface area contributed by atoms with Crippen molar-refractivity contribution in [2.45, 2.75) is 32.0 Å². The summed E-state index contributed by atoms with van der Waals surface area (Å²) >= 11 is 0. The van der Waals surface area contributed by atoms with E-state index in [0.717, 1.165) is 30.9 Å². The van der Waals surface area contributed by atoms with E-state index in [-0.39, 0.29) is 6.04 Å². The molecule has 1 fully saturated rings. The number of β-amino-alcohol motifs (C(OH)–C–C–N with tert-alkyl or cyclic N) is 1. The van der Waals surface area contributed by atoms with Crippen molar-refractivity contribution >= 4 is 11.0 Å². The topological polar surface area (TPSA) is 62.6 Å². The van der Waals surface area contributed by atoms with E-state index in [1.54, 1.807) is 0 Å². The van der Waals surface area contributed by atoms with Gasteiger partial charge in [0, 0.05) is 43.0 Å². The molecule has 0 spiro atoms. The van der Waals surface area contributed by atoms with Crippen molar-refractivity contribution in [3.8, 4) is 0 Å². The number of hydrogen-bond acceptors (Lipinski definition) is 4. The zero-order chi connectivity index (χ0) is 13.4. The Balaban J connectivity index is 1.91. The van der Waals surface area contributed by atoms with Crippen LogP contribution in [-0.4, -0.2) is 35.2 Å². The number of furan rings is 1. The van der Waals surface area contributed by atoms with Gasteiger partial charge >= 0.3 is 0 Å². The molecule has 4 nitrogen and oxygen atoms in total. The molecular formula is C15H20N2O2. The molecule has 19 heavy (non-hydrogen) atoms. The molecule has 0 saturated carbocycles. The van der Waals surface area contributed by atoms with Crippen molar-refractivity contribution in [2.75, 3.05) is 13.1 Å².